The van der Waals surface area contributed by atoms with Crippen LogP contribution in [0.5, 0.6) is 0 Å². The number of rotatable bonds is 6. The van der Waals surface area contributed by atoms with Gasteiger partial charge in [-0.2, -0.15) is 5.10 Å². The molecular formula is C18H25N5O2. The SMILES string of the molecule is CCn1cc(NC(=O)NCC(O)CN2CCc3ccccc3C2)cn1. The Labute approximate surface area is 147 Å². The van der Waals surface area contributed by atoms with Crippen LogP contribution in [0.4, 0.5) is 10.5 Å². The number of fused-ring (bicyclic) bond motifs is 1. The van der Waals surface area contributed by atoms with Crippen LogP contribution in [-0.4, -0.2) is 51.6 Å². The van der Waals surface area contributed by atoms with Crippen molar-refractivity contribution in [3.63, 3.8) is 0 Å². The van der Waals surface area contributed by atoms with Crippen LogP contribution in [0.15, 0.2) is 36.7 Å². The number of amides is 2. The average molecular weight is 343 g/mol. The van der Waals surface area contributed by atoms with Gasteiger partial charge in [0.15, 0.2) is 0 Å². The van der Waals surface area contributed by atoms with E-state index in [1.54, 1.807) is 17.1 Å². The van der Waals surface area contributed by atoms with Gasteiger partial charge in [-0.05, 0) is 24.5 Å². The van der Waals surface area contributed by atoms with Crippen LogP contribution in [0, 0.1) is 0 Å². The lowest BCUT2D eigenvalue weighted by Crippen LogP contribution is -2.42. The number of aromatic nitrogens is 2. The molecule has 134 valence electrons. The van der Waals surface area contributed by atoms with Gasteiger partial charge in [0, 0.05) is 38.9 Å². The van der Waals surface area contributed by atoms with Crippen molar-refractivity contribution >= 4 is 11.7 Å². The summed E-state index contributed by atoms with van der Waals surface area (Å²) in [6.07, 6.45) is 3.76. The number of nitrogens with one attached hydrogen (secondary N) is 2. The summed E-state index contributed by atoms with van der Waals surface area (Å²) in [4.78, 5) is 14.1. The Morgan fingerprint density at radius 3 is 2.92 bits per heavy atom. The zero-order valence-corrected chi connectivity index (χ0v) is 14.5. The third-order valence-electron chi connectivity index (χ3n) is 4.39. The normalized spacial score (nSPS) is 15.4. The highest BCUT2D eigenvalue weighted by Gasteiger charge is 2.18. The molecule has 2 heterocycles. The summed E-state index contributed by atoms with van der Waals surface area (Å²) in [5, 5.41) is 19.7. The van der Waals surface area contributed by atoms with Crippen LogP contribution in [0.3, 0.4) is 0 Å². The quantitative estimate of drug-likeness (QED) is 0.741. The first-order valence-corrected chi connectivity index (χ1v) is 8.68. The molecule has 0 saturated heterocycles. The Kier molecular flexibility index (Phi) is 5.67. The Hall–Kier alpha value is -2.38. The summed E-state index contributed by atoms with van der Waals surface area (Å²) >= 11 is 0. The highest BCUT2D eigenvalue weighted by Crippen LogP contribution is 2.18. The molecule has 1 aliphatic heterocycles. The van der Waals surface area contributed by atoms with Crippen molar-refractivity contribution in [3.05, 3.63) is 47.8 Å². The summed E-state index contributed by atoms with van der Waals surface area (Å²) < 4.78 is 1.73. The largest absolute Gasteiger partial charge is 0.390 e. The van der Waals surface area contributed by atoms with Crippen molar-refractivity contribution in [2.24, 2.45) is 0 Å². The van der Waals surface area contributed by atoms with Gasteiger partial charge in [0.25, 0.3) is 0 Å². The maximum absolute atomic E-state index is 11.9. The molecular weight excluding hydrogens is 318 g/mol. The summed E-state index contributed by atoms with van der Waals surface area (Å²) in [5.74, 6) is 0. The summed E-state index contributed by atoms with van der Waals surface area (Å²) in [6.45, 7) is 5.26. The molecule has 7 nitrogen and oxygen atoms in total. The average Bonchev–Trinajstić information content (AvgIpc) is 3.07. The van der Waals surface area contributed by atoms with E-state index in [0.717, 1.165) is 26.1 Å². The molecule has 0 saturated carbocycles. The van der Waals surface area contributed by atoms with E-state index < -0.39 is 6.10 Å². The van der Waals surface area contributed by atoms with Crippen molar-refractivity contribution in [1.29, 1.82) is 0 Å². The van der Waals surface area contributed by atoms with Crippen molar-refractivity contribution in [2.75, 3.05) is 25.0 Å². The second-order valence-electron chi connectivity index (χ2n) is 6.33. The first-order valence-electron chi connectivity index (χ1n) is 8.68. The second kappa shape index (κ2) is 8.13. The lowest BCUT2D eigenvalue weighted by Gasteiger charge is -2.30. The maximum Gasteiger partial charge on any atom is 0.319 e. The lowest BCUT2D eigenvalue weighted by molar-refractivity contribution is 0.106. The minimum Gasteiger partial charge on any atom is -0.390 e. The van der Waals surface area contributed by atoms with Crippen LogP contribution >= 0.6 is 0 Å². The second-order valence-corrected chi connectivity index (χ2v) is 6.33. The van der Waals surface area contributed by atoms with E-state index in [0.29, 0.717) is 12.2 Å². The van der Waals surface area contributed by atoms with Gasteiger partial charge in [0.2, 0.25) is 0 Å². The number of anilines is 1. The number of β-amino-alcohol motifs (C(OH)–C–C–N with tert-alkyl or cyclic N) is 1. The van der Waals surface area contributed by atoms with Crippen LogP contribution in [-0.2, 0) is 19.5 Å². The molecule has 1 aromatic heterocycles. The van der Waals surface area contributed by atoms with Gasteiger partial charge >= 0.3 is 6.03 Å². The standard InChI is InChI=1S/C18H25N5O2/c1-2-23-12-16(9-20-23)21-18(25)19-10-17(24)13-22-8-7-14-5-3-4-6-15(14)11-22/h3-6,9,12,17,24H,2,7-8,10-11,13H2,1H3,(H2,19,21,25). The van der Waals surface area contributed by atoms with Crippen LogP contribution in [0.2, 0.25) is 0 Å². The Morgan fingerprint density at radius 1 is 1.36 bits per heavy atom. The number of carbonyl (C=O) groups excluding carboxylic acids is 1. The summed E-state index contributed by atoms with van der Waals surface area (Å²) in [6, 6.07) is 8.08. The molecule has 25 heavy (non-hydrogen) atoms. The van der Waals surface area contributed by atoms with E-state index in [1.165, 1.54) is 11.1 Å². The molecule has 0 radical (unpaired) electrons. The predicted molar refractivity (Wildman–Crippen MR) is 96.4 cm³/mol. The van der Waals surface area contributed by atoms with Crippen molar-refractivity contribution < 1.29 is 9.90 Å². The summed E-state index contributed by atoms with van der Waals surface area (Å²) in [5.41, 5.74) is 3.35. The van der Waals surface area contributed by atoms with E-state index in [9.17, 15) is 9.90 Å². The van der Waals surface area contributed by atoms with Crippen LogP contribution < -0.4 is 10.6 Å². The van der Waals surface area contributed by atoms with Crippen LogP contribution in [0.1, 0.15) is 18.1 Å². The third kappa shape index (κ3) is 4.80. The molecule has 0 fully saturated rings. The highest BCUT2D eigenvalue weighted by atomic mass is 16.3. The fraction of sp³-hybridized carbons (Fsp3) is 0.444. The minimum atomic E-state index is -0.602. The van der Waals surface area contributed by atoms with Crippen molar-refractivity contribution in [1.82, 2.24) is 20.0 Å². The van der Waals surface area contributed by atoms with Gasteiger partial charge in [-0.25, -0.2) is 4.79 Å². The number of hydrogen-bond acceptors (Lipinski definition) is 4. The number of benzene rings is 1. The molecule has 3 N–H and O–H groups in total. The molecule has 0 spiro atoms. The fourth-order valence-corrected chi connectivity index (χ4v) is 3.06. The third-order valence-corrected chi connectivity index (χ3v) is 4.39. The molecule has 3 rings (SSSR count). The molecule has 1 aliphatic rings. The molecule has 1 aromatic carbocycles. The van der Waals surface area contributed by atoms with Crippen molar-refractivity contribution in [3.8, 4) is 0 Å². The van der Waals surface area contributed by atoms with E-state index in [1.807, 2.05) is 13.0 Å². The number of aliphatic hydroxyl groups excluding tert-OH is 1. The van der Waals surface area contributed by atoms with Gasteiger partial charge in [-0.1, -0.05) is 24.3 Å². The number of carbonyl (C=O) groups is 1. The first kappa shape index (κ1) is 17.4. The van der Waals surface area contributed by atoms with E-state index in [2.05, 4.69) is 38.8 Å². The number of hydrogen-bond donors (Lipinski definition) is 3. The van der Waals surface area contributed by atoms with Crippen molar-refractivity contribution in [2.45, 2.75) is 32.5 Å². The molecule has 1 unspecified atom stereocenters. The minimum absolute atomic E-state index is 0.214. The van der Waals surface area contributed by atoms with E-state index in [4.69, 9.17) is 0 Å². The molecule has 2 amide bonds. The molecule has 7 heteroatoms. The van der Waals surface area contributed by atoms with E-state index in [-0.39, 0.29) is 12.6 Å². The first-order chi connectivity index (χ1) is 12.1. The number of urea groups is 1. The van der Waals surface area contributed by atoms with Gasteiger partial charge < -0.3 is 15.7 Å². The van der Waals surface area contributed by atoms with Crippen LogP contribution in [0.25, 0.3) is 0 Å². The summed E-state index contributed by atoms with van der Waals surface area (Å²) in [7, 11) is 0. The van der Waals surface area contributed by atoms with E-state index >= 15 is 0 Å². The predicted octanol–water partition coefficient (Wildman–Crippen LogP) is 1.44. The molecule has 0 aliphatic carbocycles. The Balaban J connectivity index is 1.41. The lowest BCUT2D eigenvalue weighted by atomic mass is 10.00. The molecule has 2 aromatic rings. The number of nitrogens with zero attached hydrogens (tertiary/aromatic N) is 3. The zero-order chi connectivity index (χ0) is 17.6. The maximum atomic E-state index is 11.9. The van der Waals surface area contributed by atoms with Gasteiger partial charge in [-0.15, -0.1) is 0 Å². The molecule has 1 atom stereocenters. The zero-order valence-electron chi connectivity index (χ0n) is 14.5. The van der Waals surface area contributed by atoms with Gasteiger partial charge in [0.1, 0.15) is 0 Å². The topological polar surface area (TPSA) is 82.4 Å². The van der Waals surface area contributed by atoms with Gasteiger partial charge in [-0.3, -0.25) is 9.58 Å². The smallest absolute Gasteiger partial charge is 0.319 e. The molecule has 0 bridgehead atoms. The fourth-order valence-electron chi connectivity index (χ4n) is 3.06. The monoisotopic (exact) mass is 343 g/mol. The number of aliphatic hydroxyl groups is 1. The Morgan fingerprint density at radius 2 is 2.16 bits per heavy atom. The number of aryl methyl sites for hydroxylation is 1. The Bertz CT molecular complexity index is 715. The highest BCUT2D eigenvalue weighted by molar-refractivity contribution is 5.88. The van der Waals surface area contributed by atoms with Gasteiger partial charge in [0.05, 0.1) is 18.0 Å².